The van der Waals surface area contributed by atoms with E-state index in [1.807, 2.05) is 13.1 Å². The first-order chi connectivity index (χ1) is 7.36. The second kappa shape index (κ2) is 4.70. The lowest BCUT2D eigenvalue weighted by atomic mass is 10.2. The van der Waals surface area contributed by atoms with Gasteiger partial charge in [0.05, 0.1) is 6.20 Å². The third-order valence-electron chi connectivity index (χ3n) is 2.17. The zero-order valence-corrected chi connectivity index (χ0v) is 8.53. The first-order valence-corrected chi connectivity index (χ1v) is 4.81. The maximum Gasteiger partial charge on any atom is 0.227 e. The van der Waals surface area contributed by atoms with Crippen LogP contribution in [0.2, 0.25) is 0 Å². The Balaban J connectivity index is 1.70. The van der Waals surface area contributed by atoms with Crippen molar-refractivity contribution in [2.75, 3.05) is 6.54 Å². The van der Waals surface area contributed by atoms with Gasteiger partial charge >= 0.3 is 0 Å². The van der Waals surface area contributed by atoms with Crippen molar-refractivity contribution in [1.29, 1.82) is 0 Å². The minimum absolute atomic E-state index is 0.659. The van der Waals surface area contributed by atoms with Gasteiger partial charge in [-0.25, -0.2) is 0 Å². The van der Waals surface area contributed by atoms with E-state index in [1.165, 1.54) is 11.9 Å². The number of hydrogen-bond acceptors (Lipinski definition) is 5. The Kier molecular flexibility index (Phi) is 3.08. The van der Waals surface area contributed by atoms with Gasteiger partial charge in [-0.15, -0.1) is 0 Å². The summed E-state index contributed by atoms with van der Waals surface area (Å²) in [7, 11) is 0. The van der Waals surface area contributed by atoms with E-state index in [-0.39, 0.29) is 0 Å². The lowest BCUT2D eigenvalue weighted by molar-refractivity contribution is 0.375. The molecule has 0 saturated heterocycles. The SMILES string of the molecule is Cc1[nH]ncc1CNCCc1ncno1. The zero-order valence-electron chi connectivity index (χ0n) is 8.53. The number of aromatic amines is 1. The summed E-state index contributed by atoms with van der Waals surface area (Å²) in [5, 5.41) is 13.7. The van der Waals surface area contributed by atoms with Crippen LogP contribution in [-0.2, 0) is 13.0 Å². The van der Waals surface area contributed by atoms with Crippen molar-refractivity contribution in [2.24, 2.45) is 0 Å². The Morgan fingerprint density at radius 1 is 1.53 bits per heavy atom. The fourth-order valence-corrected chi connectivity index (χ4v) is 1.28. The van der Waals surface area contributed by atoms with Gasteiger partial charge < -0.3 is 9.84 Å². The number of H-pyrrole nitrogens is 1. The Bertz CT molecular complexity index is 394. The second-order valence-electron chi connectivity index (χ2n) is 3.28. The molecule has 0 atom stereocenters. The van der Waals surface area contributed by atoms with Crippen LogP contribution in [0.1, 0.15) is 17.1 Å². The van der Waals surface area contributed by atoms with Crippen LogP contribution in [0.25, 0.3) is 0 Å². The number of aromatic nitrogens is 4. The summed E-state index contributed by atoms with van der Waals surface area (Å²) in [5.41, 5.74) is 2.28. The van der Waals surface area contributed by atoms with Gasteiger partial charge in [-0.3, -0.25) is 5.10 Å². The number of nitrogens with one attached hydrogen (secondary N) is 2. The molecule has 2 aromatic rings. The standard InChI is InChI=1S/C9H13N5O/c1-7-8(5-12-14-7)4-10-3-2-9-11-6-13-15-9/h5-6,10H,2-4H2,1H3,(H,12,14). The predicted molar refractivity (Wildman–Crippen MR) is 53.0 cm³/mol. The second-order valence-corrected chi connectivity index (χ2v) is 3.28. The first-order valence-electron chi connectivity index (χ1n) is 4.81. The lowest BCUT2D eigenvalue weighted by Crippen LogP contribution is -2.16. The molecule has 0 radical (unpaired) electrons. The molecular formula is C9H13N5O. The number of rotatable bonds is 5. The fraction of sp³-hybridized carbons (Fsp3) is 0.444. The van der Waals surface area contributed by atoms with Crippen molar-refractivity contribution >= 4 is 0 Å². The minimum Gasteiger partial charge on any atom is -0.340 e. The molecule has 2 rings (SSSR count). The highest BCUT2D eigenvalue weighted by Crippen LogP contribution is 2.01. The molecule has 0 fully saturated rings. The number of aryl methyl sites for hydroxylation is 1. The Morgan fingerprint density at radius 3 is 3.13 bits per heavy atom. The Hall–Kier alpha value is -1.69. The summed E-state index contributed by atoms with van der Waals surface area (Å²) in [5.74, 6) is 0.659. The monoisotopic (exact) mass is 207 g/mol. The van der Waals surface area contributed by atoms with E-state index in [1.54, 1.807) is 0 Å². The zero-order chi connectivity index (χ0) is 10.5. The largest absolute Gasteiger partial charge is 0.340 e. The molecule has 0 amide bonds. The van der Waals surface area contributed by atoms with E-state index in [9.17, 15) is 0 Å². The summed E-state index contributed by atoms with van der Waals surface area (Å²) < 4.78 is 4.87. The van der Waals surface area contributed by atoms with Gasteiger partial charge in [0.25, 0.3) is 0 Å². The number of nitrogens with zero attached hydrogens (tertiary/aromatic N) is 3. The summed E-state index contributed by atoms with van der Waals surface area (Å²) in [6.07, 6.45) is 3.99. The topological polar surface area (TPSA) is 79.6 Å². The average Bonchev–Trinajstić information content (AvgIpc) is 2.85. The molecule has 0 bridgehead atoms. The fourth-order valence-electron chi connectivity index (χ4n) is 1.28. The van der Waals surface area contributed by atoms with Crippen molar-refractivity contribution in [1.82, 2.24) is 25.7 Å². The normalized spacial score (nSPS) is 10.7. The van der Waals surface area contributed by atoms with Crippen molar-refractivity contribution in [3.63, 3.8) is 0 Å². The molecule has 0 saturated carbocycles. The van der Waals surface area contributed by atoms with Crippen molar-refractivity contribution in [2.45, 2.75) is 19.9 Å². The van der Waals surface area contributed by atoms with E-state index in [2.05, 4.69) is 25.7 Å². The maximum atomic E-state index is 4.87. The van der Waals surface area contributed by atoms with Crippen LogP contribution >= 0.6 is 0 Å². The van der Waals surface area contributed by atoms with Crippen LogP contribution in [0, 0.1) is 6.92 Å². The van der Waals surface area contributed by atoms with E-state index in [4.69, 9.17) is 4.52 Å². The van der Waals surface area contributed by atoms with E-state index in [0.29, 0.717) is 5.89 Å². The summed E-state index contributed by atoms with van der Waals surface area (Å²) in [4.78, 5) is 3.93. The van der Waals surface area contributed by atoms with Crippen LogP contribution in [0.15, 0.2) is 17.0 Å². The van der Waals surface area contributed by atoms with Crippen LogP contribution in [0.4, 0.5) is 0 Å². The van der Waals surface area contributed by atoms with Crippen molar-refractivity contribution < 1.29 is 4.52 Å². The van der Waals surface area contributed by atoms with Crippen LogP contribution in [0.3, 0.4) is 0 Å². The van der Waals surface area contributed by atoms with Gasteiger partial charge in [0.1, 0.15) is 0 Å². The molecule has 0 aromatic carbocycles. The molecule has 0 aliphatic carbocycles. The molecule has 0 unspecified atom stereocenters. The molecular weight excluding hydrogens is 194 g/mol. The van der Waals surface area contributed by atoms with Gasteiger partial charge in [-0.1, -0.05) is 5.16 Å². The molecule has 6 nitrogen and oxygen atoms in total. The van der Waals surface area contributed by atoms with Crippen LogP contribution in [0.5, 0.6) is 0 Å². The maximum absolute atomic E-state index is 4.87. The predicted octanol–water partition coefficient (Wildman–Crippen LogP) is 0.433. The molecule has 15 heavy (non-hydrogen) atoms. The smallest absolute Gasteiger partial charge is 0.227 e. The highest BCUT2D eigenvalue weighted by atomic mass is 16.5. The quantitative estimate of drug-likeness (QED) is 0.695. The van der Waals surface area contributed by atoms with Crippen LogP contribution < -0.4 is 5.32 Å². The van der Waals surface area contributed by atoms with Crippen LogP contribution in [-0.4, -0.2) is 26.9 Å². The molecule has 80 valence electrons. The minimum atomic E-state index is 0.659. The average molecular weight is 207 g/mol. The highest BCUT2D eigenvalue weighted by Gasteiger charge is 2.01. The van der Waals surface area contributed by atoms with Gasteiger partial charge in [-0.05, 0) is 6.92 Å². The molecule has 0 aliphatic heterocycles. The molecule has 2 aromatic heterocycles. The van der Waals surface area contributed by atoms with Crippen molar-refractivity contribution in [3.05, 3.63) is 29.7 Å². The summed E-state index contributed by atoms with van der Waals surface area (Å²) in [6, 6.07) is 0. The van der Waals surface area contributed by atoms with Gasteiger partial charge in [0.2, 0.25) is 5.89 Å². The number of hydrogen-bond donors (Lipinski definition) is 2. The molecule has 2 N–H and O–H groups in total. The Morgan fingerprint density at radius 2 is 2.47 bits per heavy atom. The molecule has 6 heteroatoms. The van der Waals surface area contributed by atoms with Gasteiger partial charge in [-0.2, -0.15) is 10.1 Å². The van der Waals surface area contributed by atoms with E-state index in [0.717, 1.165) is 25.2 Å². The van der Waals surface area contributed by atoms with E-state index < -0.39 is 0 Å². The van der Waals surface area contributed by atoms with E-state index >= 15 is 0 Å². The third-order valence-corrected chi connectivity index (χ3v) is 2.17. The molecule has 2 heterocycles. The molecule has 0 aliphatic rings. The summed E-state index contributed by atoms with van der Waals surface area (Å²) in [6.45, 7) is 3.62. The first kappa shape index (κ1) is 9.85. The van der Waals surface area contributed by atoms with Gasteiger partial charge in [0, 0.05) is 30.8 Å². The lowest BCUT2D eigenvalue weighted by Gasteiger charge is -2.00. The third kappa shape index (κ3) is 2.63. The molecule has 0 spiro atoms. The van der Waals surface area contributed by atoms with Crippen molar-refractivity contribution in [3.8, 4) is 0 Å². The highest BCUT2D eigenvalue weighted by molar-refractivity contribution is 5.13. The van der Waals surface area contributed by atoms with Gasteiger partial charge in [0.15, 0.2) is 6.33 Å². The summed E-state index contributed by atoms with van der Waals surface area (Å²) >= 11 is 0. The Labute approximate surface area is 87.1 Å².